The lowest BCUT2D eigenvalue weighted by atomic mass is 10.2. The summed E-state index contributed by atoms with van der Waals surface area (Å²) in [5, 5.41) is 9.41. The molecule has 1 saturated heterocycles. The van der Waals surface area contributed by atoms with Crippen LogP contribution in [0.1, 0.15) is 30.0 Å². The summed E-state index contributed by atoms with van der Waals surface area (Å²) in [4.78, 5) is 17.3. The normalized spacial score (nSPS) is 15.9. The summed E-state index contributed by atoms with van der Waals surface area (Å²) in [5.74, 6) is -6.27. The number of nitriles is 1. The van der Waals surface area contributed by atoms with E-state index in [-0.39, 0.29) is 49.8 Å². The standard InChI is InChI=1S/C33H28F3N3O5/c1-2-41-33(40)25-16-24(42-19-21-9-5-3-6-10-21)18-39(25)30-28(34)31(36)38-32(29(30)35)44-27-15-23(17-37)13-14-26(27)43-20-22-11-7-4-8-12-22/h3-15,24-25H,2,16,18-20H2,1H3. The Labute approximate surface area is 252 Å². The topological polar surface area (TPSA) is 93.9 Å². The molecule has 1 aliphatic heterocycles. The summed E-state index contributed by atoms with van der Waals surface area (Å²) < 4.78 is 68.9. The molecule has 0 saturated carbocycles. The van der Waals surface area contributed by atoms with Crippen LogP contribution in [0.4, 0.5) is 18.9 Å². The largest absolute Gasteiger partial charge is 0.485 e. The van der Waals surface area contributed by atoms with Gasteiger partial charge in [-0.05, 0) is 30.2 Å². The fourth-order valence-electron chi connectivity index (χ4n) is 4.83. The van der Waals surface area contributed by atoms with Crippen LogP contribution in [-0.2, 0) is 27.5 Å². The van der Waals surface area contributed by atoms with E-state index in [1.165, 1.54) is 18.2 Å². The van der Waals surface area contributed by atoms with Gasteiger partial charge in [-0.15, -0.1) is 0 Å². The summed E-state index contributed by atoms with van der Waals surface area (Å²) in [7, 11) is 0. The Hall–Kier alpha value is -5.08. The minimum Gasteiger partial charge on any atom is -0.485 e. The van der Waals surface area contributed by atoms with Gasteiger partial charge >= 0.3 is 5.97 Å². The highest BCUT2D eigenvalue weighted by molar-refractivity contribution is 5.81. The molecule has 0 amide bonds. The monoisotopic (exact) mass is 603 g/mol. The van der Waals surface area contributed by atoms with Crippen molar-refractivity contribution < 1.29 is 36.9 Å². The highest BCUT2D eigenvalue weighted by Gasteiger charge is 2.42. The second-order valence-corrected chi connectivity index (χ2v) is 9.91. The number of hydrogen-bond donors (Lipinski definition) is 0. The molecule has 44 heavy (non-hydrogen) atoms. The lowest BCUT2D eigenvalue weighted by molar-refractivity contribution is -0.144. The van der Waals surface area contributed by atoms with Crippen LogP contribution in [0, 0.1) is 28.9 Å². The van der Waals surface area contributed by atoms with Crippen LogP contribution in [0.3, 0.4) is 0 Å². The molecular weight excluding hydrogens is 575 g/mol. The molecule has 2 atom stereocenters. The van der Waals surface area contributed by atoms with Crippen molar-refractivity contribution in [1.82, 2.24) is 4.98 Å². The third-order valence-corrected chi connectivity index (χ3v) is 6.94. The first-order valence-corrected chi connectivity index (χ1v) is 13.9. The minimum atomic E-state index is -1.64. The fraction of sp³-hybridized carbons (Fsp3) is 0.242. The minimum absolute atomic E-state index is 0.0315. The van der Waals surface area contributed by atoms with Crippen molar-refractivity contribution in [3.8, 4) is 23.4 Å². The fourth-order valence-corrected chi connectivity index (χ4v) is 4.83. The van der Waals surface area contributed by atoms with Crippen LogP contribution in [0.15, 0.2) is 78.9 Å². The first-order chi connectivity index (χ1) is 21.4. The van der Waals surface area contributed by atoms with Gasteiger partial charge in [0.1, 0.15) is 18.3 Å². The molecule has 2 unspecified atom stereocenters. The number of anilines is 1. The second kappa shape index (κ2) is 13.9. The van der Waals surface area contributed by atoms with Crippen LogP contribution < -0.4 is 14.4 Å². The Bertz CT molecular complexity index is 1650. The van der Waals surface area contributed by atoms with Crippen molar-refractivity contribution in [2.75, 3.05) is 18.1 Å². The first kappa shape index (κ1) is 30.4. The van der Waals surface area contributed by atoms with Crippen LogP contribution in [0.5, 0.6) is 17.4 Å². The van der Waals surface area contributed by atoms with E-state index in [1.54, 1.807) is 6.92 Å². The number of aromatic nitrogens is 1. The molecule has 11 heteroatoms. The van der Waals surface area contributed by atoms with Crippen molar-refractivity contribution in [1.29, 1.82) is 5.26 Å². The smallest absolute Gasteiger partial charge is 0.328 e. The average molecular weight is 604 g/mol. The lowest BCUT2D eigenvalue weighted by Gasteiger charge is -2.26. The Kier molecular flexibility index (Phi) is 9.62. The molecule has 2 heterocycles. The number of halogens is 3. The van der Waals surface area contributed by atoms with Gasteiger partial charge in [0.05, 0.1) is 31.0 Å². The van der Waals surface area contributed by atoms with Crippen molar-refractivity contribution in [2.45, 2.75) is 38.7 Å². The predicted octanol–water partition coefficient (Wildman–Crippen LogP) is 6.47. The Morgan fingerprint density at radius 2 is 1.64 bits per heavy atom. The number of carbonyl (C=O) groups excluding carboxylic acids is 1. The second-order valence-electron chi connectivity index (χ2n) is 9.91. The zero-order chi connectivity index (χ0) is 31.1. The molecule has 1 aromatic heterocycles. The Morgan fingerprint density at radius 1 is 0.955 bits per heavy atom. The number of rotatable bonds is 11. The Balaban J connectivity index is 1.45. The van der Waals surface area contributed by atoms with Crippen molar-refractivity contribution in [3.63, 3.8) is 0 Å². The highest BCUT2D eigenvalue weighted by Crippen LogP contribution is 2.40. The van der Waals surface area contributed by atoms with Crippen LogP contribution >= 0.6 is 0 Å². The maximum absolute atomic E-state index is 16.1. The third-order valence-electron chi connectivity index (χ3n) is 6.94. The molecule has 1 aliphatic rings. The summed E-state index contributed by atoms with van der Waals surface area (Å²) >= 11 is 0. The zero-order valence-electron chi connectivity index (χ0n) is 23.7. The van der Waals surface area contributed by atoms with Gasteiger partial charge in [0.2, 0.25) is 11.6 Å². The molecule has 0 N–H and O–H groups in total. The first-order valence-electron chi connectivity index (χ1n) is 13.9. The van der Waals surface area contributed by atoms with E-state index in [9.17, 15) is 14.4 Å². The van der Waals surface area contributed by atoms with Gasteiger partial charge in [-0.3, -0.25) is 0 Å². The predicted molar refractivity (Wildman–Crippen MR) is 154 cm³/mol. The molecule has 1 fully saturated rings. The lowest BCUT2D eigenvalue weighted by Crippen LogP contribution is -2.38. The molecule has 0 aliphatic carbocycles. The van der Waals surface area contributed by atoms with Crippen LogP contribution in [-0.4, -0.2) is 36.3 Å². The van der Waals surface area contributed by atoms with Gasteiger partial charge in [0.25, 0.3) is 11.8 Å². The molecule has 0 bridgehead atoms. The number of hydrogen-bond acceptors (Lipinski definition) is 8. The van der Waals surface area contributed by atoms with Gasteiger partial charge in [-0.1, -0.05) is 60.7 Å². The SMILES string of the molecule is CCOC(=O)C1CC(OCc2ccccc2)CN1c1c(F)c(F)nc(Oc2cc(C#N)ccc2OCc2ccccc2)c1F. The Morgan fingerprint density at radius 3 is 2.30 bits per heavy atom. The summed E-state index contributed by atoms with van der Waals surface area (Å²) in [6.45, 7) is 1.81. The van der Waals surface area contributed by atoms with Crippen molar-refractivity contribution in [2.24, 2.45) is 0 Å². The molecular formula is C33H28F3N3O5. The number of nitrogens with zero attached hydrogens (tertiary/aromatic N) is 3. The van der Waals surface area contributed by atoms with E-state index >= 15 is 8.78 Å². The van der Waals surface area contributed by atoms with E-state index in [1.807, 2.05) is 66.7 Å². The summed E-state index contributed by atoms with van der Waals surface area (Å²) in [5.41, 5.74) is 0.993. The quantitative estimate of drug-likeness (QED) is 0.142. The van der Waals surface area contributed by atoms with Gasteiger partial charge in [-0.2, -0.15) is 23.4 Å². The molecule has 4 aromatic rings. The van der Waals surface area contributed by atoms with E-state index in [0.29, 0.717) is 0 Å². The average Bonchev–Trinajstić information content (AvgIpc) is 3.47. The van der Waals surface area contributed by atoms with E-state index in [2.05, 4.69) is 4.98 Å². The molecule has 3 aromatic carbocycles. The number of esters is 1. The van der Waals surface area contributed by atoms with E-state index < -0.39 is 47.3 Å². The highest BCUT2D eigenvalue weighted by atomic mass is 19.2. The third kappa shape index (κ3) is 6.93. The van der Waals surface area contributed by atoms with Crippen molar-refractivity contribution >= 4 is 11.7 Å². The number of pyridine rings is 1. The maximum Gasteiger partial charge on any atom is 0.328 e. The molecule has 0 radical (unpaired) electrons. The summed E-state index contributed by atoms with van der Waals surface area (Å²) in [6.07, 6.45) is -0.582. The van der Waals surface area contributed by atoms with Crippen LogP contribution in [0.2, 0.25) is 0 Å². The number of carbonyl (C=O) groups is 1. The number of ether oxygens (including phenoxy) is 4. The van der Waals surface area contributed by atoms with Crippen molar-refractivity contribution in [3.05, 3.63) is 113 Å². The molecule has 226 valence electrons. The van der Waals surface area contributed by atoms with E-state index in [4.69, 9.17) is 18.9 Å². The zero-order valence-corrected chi connectivity index (χ0v) is 23.7. The van der Waals surface area contributed by atoms with Gasteiger partial charge < -0.3 is 23.8 Å². The number of benzene rings is 3. The maximum atomic E-state index is 16.1. The van der Waals surface area contributed by atoms with Gasteiger partial charge in [0, 0.05) is 19.0 Å². The molecule has 8 nitrogen and oxygen atoms in total. The van der Waals surface area contributed by atoms with Gasteiger partial charge in [-0.25, -0.2) is 4.79 Å². The van der Waals surface area contributed by atoms with E-state index in [0.717, 1.165) is 16.0 Å². The van der Waals surface area contributed by atoms with Gasteiger partial charge in [0.15, 0.2) is 11.5 Å². The molecule has 5 rings (SSSR count). The summed E-state index contributed by atoms with van der Waals surface area (Å²) in [6, 6.07) is 23.4. The van der Waals surface area contributed by atoms with Crippen LogP contribution in [0.25, 0.3) is 0 Å². The molecule has 0 spiro atoms.